The van der Waals surface area contributed by atoms with E-state index in [0.29, 0.717) is 0 Å². The second kappa shape index (κ2) is 4.77. The lowest BCUT2D eigenvalue weighted by Crippen LogP contribution is -2.28. The predicted octanol–water partition coefficient (Wildman–Crippen LogP) is 3.39. The SMILES string of the molecule is CCc1c(C)nn(CC(Br)C(F)(F)F)c1C. The number of hydrogen-bond acceptors (Lipinski definition) is 1. The van der Waals surface area contributed by atoms with Crippen LogP contribution in [0.4, 0.5) is 13.2 Å². The van der Waals surface area contributed by atoms with Crippen LogP contribution in [0.3, 0.4) is 0 Å². The summed E-state index contributed by atoms with van der Waals surface area (Å²) in [6.07, 6.45) is -3.45. The molecule has 6 heteroatoms. The van der Waals surface area contributed by atoms with Crippen LogP contribution in [-0.4, -0.2) is 20.8 Å². The lowest BCUT2D eigenvalue weighted by atomic mass is 10.1. The molecule has 1 atom stereocenters. The van der Waals surface area contributed by atoms with Gasteiger partial charge in [-0.2, -0.15) is 18.3 Å². The molecule has 0 bridgehead atoms. The Labute approximate surface area is 101 Å². The summed E-state index contributed by atoms with van der Waals surface area (Å²) in [5, 5.41) is 4.12. The first-order valence-electron chi connectivity index (χ1n) is 5.01. The fourth-order valence-corrected chi connectivity index (χ4v) is 1.95. The monoisotopic (exact) mass is 298 g/mol. The fraction of sp³-hybridized carbons (Fsp3) is 0.700. The largest absolute Gasteiger partial charge is 0.403 e. The van der Waals surface area contributed by atoms with Crippen LogP contribution in [0.1, 0.15) is 23.9 Å². The van der Waals surface area contributed by atoms with Gasteiger partial charge in [0.05, 0.1) is 12.2 Å². The molecule has 1 aromatic heterocycles. The van der Waals surface area contributed by atoms with Gasteiger partial charge in [-0.05, 0) is 25.8 Å². The first-order chi connectivity index (χ1) is 7.27. The molecule has 0 aromatic carbocycles. The van der Waals surface area contributed by atoms with E-state index in [0.717, 1.165) is 23.4 Å². The second-order valence-corrected chi connectivity index (χ2v) is 4.80. The van der Waals surface area contributed by atoms with Crippen LogP contribution in [0.15, 0.2) is 0 Å². The van der Waals surface area contributed by atoms with Gasteiger partial charge in [0.1, 0.15) is 4.83 Å². The van der Waals surface area contributed by atoms with E-state index < -0.39 is 11.0 Å². The minimum absolute atomic E-state index is 0.184. The van der Waals surface area contributed by atoms with Gasteiger partial charge in [-0.1, -0.05) is 22.9 Å². The highest BCUT2D eigenvalue weighted by Gasteiger charge is 2.38. The minimum Gasteiger partial charge on any atom is -0.268 e. The van der Waals surface area contributed by atoms with Crippen molar-refractivity contribution in [3.8, 4) is 0 Å². The van der Waals surface area contributed by atoms with E-state index in [1.807, 2.05) is 13.8 Å². The summed E-state index contributed by atoms with van der Waals surface area (Å²) in [6.45, 7) is 5.40. The zero-order chi connectivity index (χ0) is 12.5. The number of halogens is 4. The summed E-state index contributed by atoms with van der Waals surface area (Å²) in [4.78, 5) is -1.55. The van der Waals surface area contributed by atoms with Gasteiger partial charge in [0.25, 0.3) is 0 Å². The Morgan fingerprint density at radius 3 is 2.31 bits per heavy atom. The normalized spacial score (nSPS) is 14.2. The van der Waals surface area contributed by atoms with Crippen LogP contribution >= 0.6 is 15.9 Å². The molecule has 0 amide bonds. The Kier molecular flexibility index (Phi) is 4.04. The fourth-order valence-electron chi connectivity index (χ4n) is 1.68. The lowest BCUT2D eigenvalue weighted by Gasteiger charge is -2.14. The summed E-state index contributed by atoms with van der Waals surface area (Å²) in [7, 11) is 0. The zero-order valence-electron chi connectivity index (χ0n) is 9.40. The molecule has 0 aliphatic carbocycles. The van der Waals surface area contributed by atoms with E-state index in [1.165, 1.54) is 4.68 Å². The average Bonchev–Trinajstić information content (AvgIpc) is 2.40. The number of nitrogens with zero attached hydrogens (tertiary/aromatic N) is 2. The first-order valence-corrected chi connectivity index (χ1v) is 5.92. The van der Waals surface area contributed by atoms with Crippen molar-refractivity contribution in [2.24, 2.45) is 0 Å². The summed E-state index contributed by atoms with van der Waals surface area (Å²) in [5.41, 5.74) is 2.65. The Morgan fingerprint density at radius 1 is 1.38 bits per heavy atom. The van der Waals surface area contributed by atoms with Crippen LogP contribution in [0.2, 0.25) is 0 Å². The van der Waals surface area contributed by atoms with E-state index in [9.17, 15) is 13.2 Å². The first kappa shape index (κ1) is 13.5. The molecule has 0 N–H and O–H groups in total. The number of aryl methyl sites for hydroxylation is 1. The number of alkyl halides is 4. The number of hydrogen-bond donors (Lipinski definition) is 0. The molecule has 1 unspecified atom stereocenters. The molecule has 16 heavy (non-hydrogen) atoms. The average molecular weight is 299 g/mol. The van der Waals surface area contributed by atoms with E-state index in [2.05, 4.69) is 21.0 Å². The van der Waals surface area contributed by atoms with Crippen LogP contribution in [0.5, 0.6) is 0 Å². The lowest BCUT2D eigenvalue weighted by molar-refractivity contribution is -0.129. The van der Waals surface area contributed by atoms with Crippen molar-refractivity contribution in [2.75, 3.05) is 0 Å². The van der Waals surface area contributed by atoms with Crippen molar-refractivity contribution in [3.05, 3.63) is 17.0 Å². The van der Waals surface area contributed by atoms with Gasteiger partial charge in [-0.3, -0.25) is 4.68 Å². The maximum atomic E-state index is 12.4. The molecule has 0 aliphatic rings. The molecule has 0 fully saturated rings. The molecule has 0 radical (unpaired) electrons. The summed E-state index contributed by atoms with van der Waals surface area (Å²) < 4.78 is 38.5. The topological polar surface area (TPSA) is 17.8 Å². The van der Waals surface area contributed by atoms with Crippen LogP contribution in [-0.2, 0) is 13.0 Å². The summed E-state index contributed by atoms with van der Waals surface area (Å²) >= 11 is 2.64. The van der Waals surface area contributed by atoms with E-state index in [4.69, 9.17) is 0 Å². The van der Waals surface area contributed by atoms with Crippen molar-refractivity contribution < 1.29 is 13.2 Å². The zero-order valence-corrected chi connectivity index (χ0v) is 11.0. The highest BCUT2D eigenvalue weighted by atomic mass is 79.9. The summed E-state index contributed by atoms with van der Waals surface area (Å²) in [6, 6.07) is 0. The van der Waals surface area contributed by atoms with Gasteiger partial charge in [0.2, 0.25) is 0 Å². The van der Waals surface area contributed by atoms with Gasteiger partial charge in [-0.25, -0.2) is 0 Å². The Balaban J connectivity index is 2.91. The summed E-state index contributed by atoms with van der Waals surface area (Å²) in [5.74, 6) is 0. The maximum Gasteiger partial charge on any atom is 0.403 e. The maximum absolute atomic E-state index is 12.4. The van der Waals surface area contributed by atoms with E-state index in [-0.39, 0.29) is 6.54 Å². The highest BCUT2D eigenvalue weighted by Crippen LogP contribution is 2.28. The molecule has 1 rings (SSSR count). The molecule has 92 valence electrons. The minimum atomic E-state index is -4.24. The van der Waals surface area contributed by atoms with Crippen LogP contribution in [0, 0.1) is 13.8 Å². The quantitative estimate of drug-likeness (QED) is 0.782. The third-order valence-corrected chi connectivity index (χ3v) is 3.38. The molecule has 2 nitrogen and oxygen atoms in total. The van der Waals surface area contributed by atoms with Crippen LogP contribution < -0.4 is 0 Å². The smallest absolute Gasteiger partial charge is 0.268 e. The van der Waals surface area contributed by atoms with Crippen molar-refractivity contribution in [2.45, 2.75) is 44.7 Å². The van der Waals surface area contributed by atoms with Gasteiger partial charge < -0.3 is 0 Å². The Bertz CT molecular complexity index is 371. The third kappa shape index (κ3) is 2.78. The van der Waals surface area contributed by atoms with Crippen molar-refractivity contribution in [3.63, 3.8) is 0 Å². The Hall–Kier alpha value is -0.520. The molecule has 0 aliphatic heterocycles. The molecule has 0 saturated carbocycles. The van der Waals surface area contributed by atoms with Gasteiger partial charge in [-0.15, -0.1) is 0 Å². The number of rotatable bonds is 3. The molecular weight excluding hydrogens is 285 g/mol. The molecular formula is C10H14BrF3N2. The van der Waals surface area contributed by atoms with Gasteiger partial charge in [0.15, 0.2) is 0 Å². The van der Waals surface area contributed by atoms with E-state index >= 15 is 0 Å². The molecule has 0 saturated heterocycles. The van der Waals surface area contributed by atoms with Crippen molar-refractivity contribution in [1.82, 2.24) is 9.78 Å². The van der Waals surface area contributed by atoms with E-state index in [1.54, 1.807) is 6.92 Å². The third-order valence-electron chi connectivity index (χ3n) is 2.57. The van der Waals surface area contributed by atoms with Gasteiger partial charge >= 0.3 is 6.18 Å². The molecule has 0 spiro atoms. The van der Waals surface area contributed by atoms with Crippen LogP contribution in [0.25, 0.3) is 0 Å². The highest BCUT2D eigenvalue weighted by molar-refractivity contribution is 9.09. The van der Waals surface area contributed by atoms with Gasteiger partial charge in [0, 0.05) is 5.69 Å². The second-order valence-electron chi connectivity index (χ2n) is 3.69. The standard InChI is InChI=1S/C10H14BrF3N2/c1-4-8-6(2)15-16(7(8)3)5-9(11)10(12,13)14/h9H,4-5H2,1-3H3. The molecule has 1 heterocycles. The Morgan fingerprint density at radius 2 is 1.94 bits per heavy atom. The number of aromatic nitrogens is 2. The van der Waals surface area contributed by atoms with Crippen molar-refractivity contribution >= 4 is 15.9 Å². The van der Waals surface area contributed by atoms with Crippen molar-refractivity contribution in [1.29, 1.82) is 0 Å². The predicted molar refractivity (Wildman–Crippen MR) is 59.8 cm³/mol. The molecule has 1 aromatic rings.